The van der Waals surface area contributed by atoms with Gasteiger partial charge in [-0.15, -0.1) is 22.7 Å². The van der Waals surface area contributed by atoms with Crippen molar-refractivity contribution in [1.29, 1.82) is 10.5 Å². The molecule has 4 N–H and O–H groups in total. The summed E-state index contributed by atoms with van der Waals surface area (Å²) in [5, 5.41) is 29.4. The number of benzene rings is 2. The Hall–Kier alpha value is -5.94. The number of hydrogen-bond donors (Lipinski definition) is 4. The Morgan fingerprint density at radius 1 is 0.576 bits per heavy atom. The normalized spacial score (nSPS) is 21.9. The molecule has 0 saturated carbocycles. The predicted octanol–water partition coefficient (Wildman–Crippen LogP) is 6.07. The van der Waals surface area contributed by atoms with Gasteiger partial charge in [-0.2, -0.15) is 20.5 Å². The van der Waals surface area contributed by atoms with Crippen LogP contribution in [0.15, 0.2) is 82.8 Å². The third-order valence-electron chi connectivity index (χ3n) is 10.9. The van der Waals surface area contributed by atoms with Crippen LogP contribution in [0.2, 0.25) is 8.67 Å². The molecule has 4 aromatic rings. The molecule has 4 fully saturated rings. The van der Waals surface area contributed by atoms with Gasteiger partial charge in [-0.1, -0.05) is 23.2 Å². The van der Waals surface area contributed by atoms with Gasteiger partial charge < -0.3 is 50.0 Å². The van der Waals surface area contributed by atoms with Crippen molar-refractivity contribution < 1.29 is 38.1 Å². The maximum absolute atomic E-state index is 13.2. The largest absolute Gasteiger partial charge is 0.379 e. The zero-order valence-electron chi connectivity index (χ0n) is 35.3. The average Bonchev–Trinajstić information content (AvgIpc) is 4.12. The lowest BCUT2D eigenvalue weighted by molar-refractivity contribution is -0.122. The number of amides is 4. The number of thiophene rings is 2. The van der Waals surface area contributed by atoms with Gasteiger partial charge in [0.25, 0.3) is 23.6 Å². The molecule has 0 spiro atoms. The summed E-state index contributed by atoms with van der Waals surface area (Å²) in [4.78, 5) is 64.2. The van der Waals surface area contributed by atoms with E-state index in [1.807, 2.05) is 46.5 Å². The first-order chi connectivity index (χ1) is 32.0. The van der Waals surface area contributed by atoms with Gasteiger partial charge in [-0.25, -0.2) is 0 Å². The molecule has 8 rings (SSSR count). The number of halogens is 2. The van der Waals surface area contributed by atoms with E-state index in [0.717, 1.165) is 34.0 Å². The van der Waals surface area contributed by atoms with Crippen molar-refractivity contribution in [1.82, 2.24) is 10.6 Å². The molecular weight excluding hydrogens is 932 g/mol. The zero-order chi connectivity index (χ0) is 46.5. The molecule has 2 atom stereocenters. The van der Waals surface area contributed by atoms with Gasteiger partial charge in [0, 0.05) is 74.7 Å². The van der Waals surface area contributed by atoms with E-state index >= 15 is 0 Å². The SMILES string of the molecule is N#CN=C1CCOCCN1c1ccc(NC(=O)[C@@]2(NC(=O)c3ccc(Cl)s3)CCOC2)cc1.N#CN=C1CCOCCN1c1ccc(NC(=O)[C@]2(NC(=O)c3ccc(Cl)s3)CCOC2)cc1. The molecule has 2 aromatic heterocycles. The highest BCUT2D eigenvalue weighted by atomic mass is 35.5. The number of nitrogens with zero attached hydrogens (tertiary/aromatic N) is 6. The van der Waals surface area contributed by atoms with E-state index in [-0.39, 0.29) is 36.8 Å². The van der Waals surface area contributed by atoms with E-state index in [1.54, 1.807) is 48.5 Å². The summed E-state index contributed by atoms with van der Waals surface area (Å²) in [6.45, 7) is 4.15. The molecule has 344 valence electrons. The number of nitriles is 2. The molecule has 4 aliphatic heterocycles. The van der Waals surface area contributed by atoms with Gasteiger partial charge in [0.1, 0.15) is 22.7 Å². The Morgan fingerprint density at radius 3 is 1.32 bits per heavy atom. The number of aliphatic imine (C=N–C) groups is 2. The van der Waals surface area contributed by atoms with Crippen molar-refractivity contribution in [3.05, 3.63) is 91.2 Å². The van der Waals surface area contributed by atoms with Crippen molar-refractivity contribution in [3.8, 4) is 12.4 Å². The van der Waals surface area contributed by atoms with Crippen molar-refractivity contribution in [2.24, 2.45) is 9.98 Å². The highest BCUT2D eigenvalue weighted by molar-refractivity contribution is 7.18. The van der Waals surface area contributed by atoms with Crippen LogP contribution in [0.1, 0.15) is 45.0 Å². The Labute approximate surface area is 398 Å². The topological polar surface area (TPSA) is 232 Å². The third-order valence-corrected chi connectivity index (χ3v) is 13.4. The lowest BCUT2D eigenvalue weighted by Crippen LogP contribution is -2.57. The lowest BCUT2D eigenvalue weighted by Gasteiger charge is -2.27. The van der Waals surface area contributed by atoms with E-state index in [9.17, 15) is 19.2 Å². The maximum Gasteiger partial charge on any atom is 0.262 e. The van der Waals surface area contributed by atoms with E-state index in [1.165, 1.54) is 0 Å². The minimum absolute atomic E-state index is 0.0868. The van der Waals surface area contributed by atoms with Gasteiger partial charge in [-0.3, -0.25) is 19.2 Å². The van der Waals surface area contributed by atoms with Crippen LogP contribution in [-0.2, 0) is 28.5 Å². The van der Waals surface area contributed by atoms with Crippen molar-refractivity contribution >= 4 is 104 Å². The molecule has 22 heteroatoms. The molecule has 0 aliphatic carbocycles. The maximum atomic E-state index is 13.2. The highest BCUT2D eigenvalue weighted by Gasteiger charge is 2.45. The van der Waals surface area contributed by atoms with Crippen LogP contribution in [0.3, 0.4) is 0 Å². The number of nitrogens with one attached hydrogen (secondary N) is 4. The number of carbonyl (C=O) groups excluding carboxylic acids is 4. The number of amidine groups is 2. The molecule has 0 bridgehead atoms. The molecule has 4 saturated heterocycles. The number of ether oxygens (including phenoxy) is 4. The highest BCUT2D eigenvalue weighted by Crippen LogP contribution is 2.29. The van der Waals surface area contributed by atoms with Gasteiger partial charge in [0.05, 0.1) is 58.1 Å². The van der Waals surface area contributed by atoms with E-state index < -0.39 is 11.1 Å². The summed E-state index contributed by atoms with van der Waals surface area (Å²) in [7, 11) is 0. The van der Waals surface area contributed by atoms with Crippen LogP contribution in [0, 0.1) is 22.9 Å². The first-order valence-electron chi connectivity index (χ1n) is 20.8. The molecule has 0 unspecified atom stereocenters. The fraction of sp³-hybridized carbons (Fsp3) is 0.364. The first-order valence-corrected chi connectivity index (χ1v) is 23.2. The Bertz CT molecular complexity index is 2350. The lowest BCUT2D eigenvalue weighted by atomic mass is 9.97. The fourth-order valence-corrected chi connectivity index (χ4v) is 9.33. The van der Waals surface area contributed by atoms with Crippen molar-refractivity contribution in [3.63, 3.8) is 0 Å². The third kappa shape index (κ3) is 11.9. The van der Waals surface area contributed by atoms with Gasteiger partial charge in [0.15, 0.2) is 0 Å². The molecule has 6 heterocycles. The number of anilines is 4. The summed E-state index contributed by atoms with van der Waals surface area (Å²) in [5.41, 5.74) is 0.507. The Morgan fingerprint density at radius 2 is 0.985 bits per heavy atom. The monoisotopic (exact) mass is 974 g/mol. The molecular formula is C44H44Cl2N10O8S2. The van der Waals surface area contributed by atoms with Gasteiger partial charge >= 0.3 is 0 Å². The second-order valence-electron chi connectivity index (χ2n) is 15.2. The van der Waals surface area contributed by atoms with Crippen LogP contribution >= 0.6 is 45.9 Å². The molecule has 66 heavy (non-hydrogen) atoms. The summed E-state index contributed by atoms with van der Waals surface area (Å²) in [6.07, 6.45) is 5.51. The minimum atomic E-state index is -1.17. The van der Waals surface area contributed by atoms with Crippen LogP contribution in [0.25, 0.3) is 0 Å². The summed E-state index contributed by atoms with van der Waals surface area (Å²) < 4.78 is 22.9. The summed E-state index contributed by atoms with van der Waals surface area (Å²) in [5.74, 6) is -0.140. The van der Waals surface area contributed by atoms with Crippen molar-refractivity contribution in [2.75, 3.05) is 86.4 Å². The molecule has 18 nitrogen and oxygen atoms in total. The standard InChI is InChI=1S/2C22H22ClN5O4S/c2*23-18-6-5-17(33-18)20(29)27-22(8-11-32-13-22)21(30)26-15-1-3-16(4-2-15)28-9-12-31-10-7-19(28)25-14-24/h2*1-6H,7-13H2,(H,26,30)(H,27,29)/t2*22-/m10/s1. The molecule has 4 amide bonds. The van der Waals surface area contributed by atoms with Crippen LogP contribution in [0.4, 0.5) is 22.7 Å². The van der Waals surface area contributed by atoms with E-state index in [0.29, 0.717) is 120 Å². The molecule has 4 aliphatic rings. The van der Waals surface area contributed by atoms with Gasteiger partial charge in [-0.05, 0) is 72.8 Å². The van der Waals surface area contributed by atoms with Crippen LogP contribution in [0.5, 0.6) is 0 Å². The first kappa shape index (κ1) is 48.0. The van der Waals surface area contributed by atoms with Crippen LogP contribution < -0.4 is 31.1 Å². The van der Waals surface area contributed by atoms with E-state index in [4.69, 9.17) is 52.7 Å². The number of hydrogen-bond acceptors (Lipinski definition) is 14. The van der Waals surface area contributed by atoms with E-state index in [2.05, 4.69) is 31.3 Å². The Balaban J connectivity index is 0.000000196. The average molecular weight is 976 g/mol. The second kappa shape index (κ2) is 22.5. The number of carbonyl (C=O) groups is 4. The summed E-state index contributed by atoms with van der Waals surface area (Å²) in [6, 6.07) is 21.0. The van der Waals surface area contributed by atoms with Gasteiger partial charge in [0.2, 0.25) is 12.4 Å². The smallest absolute Gasteiger partial charge is 0.262 e. The molecule has 2 aromatic carbocycles. The van der Waals surface area contributed by atoms with Crippen molar-refractivity contribution in [2.45, 2.75) is 36.8 Å². The number of rotatable bonds is 10. The minimum Gasteiger partial charge on any atom is -0.379 e. The van der Waals surface area contributed by atoms with Crippen LogP contribution in [-0.4, -0.2) is 112 Å². The zero-order valence-corrected chi connectivity index (χ0v) is 38.5. The fourth-order valence-electron chi connectivity index (χ4n) is 7.46. The Kier molecular flexibility index (Phi) is 16.4. The summed E-state index contributed by atoms with van der Waals surface area (Å²) >= 11 is 14.2. The molecule has 0 radical (unpaired) electrons. The second-order valence-corrected chi connectivity index (χ2v) is 18.6. The predicted molar refractivity (Wildman–Crippen MR) is 252 cm³/mol. The quantitative estimate of drug-likeness (QED) is 0.133.